The van der Waals surface area contributed by atoms with Gasteiger partial charge in [0.1, 0.15) is 30.5 Å². The van der Waals surface area contributed by atoms with Gasteiger partial charge in [0.25, 0.3) is 0 Å². The van der Waals surface area contributed by atoms with Gasteiger partial charge in [-0.05, 0) is 27.7 Å². The molecule has 1 aliphatic heterocycles. The van der Waals surface area contributed by atoms with Crippen LogP contribution in [0.1, 0.15) is 43.0 Å². The second-order valence-corrected chi connectivity index (χ2v) is 12.7. The van der Waals surface area contributed by atoms with Gasteiger partial charge in [-0.25, -0.2) is 0 Å². The van der Waals surface area contributed by atoms with Gasteiger partial charge < -0.3 is 28.8 Å². The van der Waals surface area contributed by atoms with Crippen LogP contribution in [-0.4, -0.2) is 48.3 Å². The van der Waals surface area contributed by atoms with E-state index >= 15 is 0 Å². The third-order valence-corrected chi connectivity index (χ3v) is 8.12. The summed E-state index contributed by atoms with van der Waals surface area (Å²) in [7, 11) is 0. The smallest absolute Gasteiger partial charge is 0.116 e. The summed E-state index contributed by atoms with van der Waals surface area (Å²) in [5.74, 6) is 0. The van der Waals surface area contributed by atoms with Crippen LogP contribution in [0.2, 0.25) is 0 Å². The molecule has 1 heterocycles. The Morgan fingerprint density at radius 3 is 1.36 bits per heavy atom. The van der Waals surface area contributed by atoms with Crippen LogP contribution in [0.3, 0.4) is 0 Å². The second kappa shape index (κ2) is 16.3. The van der Waals surface area contributed by atoms with Gasteiger partial charge in [-0.3, -0.25) is 0 Å². The van der Waals surface area contributed by atoms with Crippen LogP contribution in [0.15, 0.2) is 121 Å². The molecule has 6 atom stereocenters. The second-order valence-electron chi connectivity index (χ2n) is 12.7. The first-order valence-corrected chi connectivity index (χ1v) is 15.8. The van der Waals surface area contributed by atoms with Crippen LogP contribution in [0.4, 0.5) is 0 Å². The SMILES string of the molecule is CC(C)(C)C(O)[C@@H]1O[C@H](COCc2ccccc2)[C@@H](OCc2ccccc2)[C@H](OCc2ccccc2)[C@H]1OCc1ccccc1. The molecule has 0 radical (unpaired) electrons. The molecule has 6 nitrogen and oxygen atoms in total. The highest BCUT2D eigenvalue weighted by atomic mass is 16.6. The summed E-state index contributed by atoms with van der Waals surface area (Å²) in [6.45, 7) is 7.79. The molecule has 1 fully saturated rings. The molecule has 0 aromatic heterocycles. The monoisotopic (exact) mass is 610 g/mol. The molecular formula is C39H46O6. The number of benzene rings is 4. The first kappa shape index (κ1) is 33.0. The highest BCUT2D eigenvalue weighted by Crippen LogP contribution is 2.36. The maximum Gasteiger partial charge on any atom is 0.116 e. The van der Waals surface area contributed by atoms with E-state index in [1.54, 1.807) is 0 Å². The molecule has 0 amide bonds. The third-order valence-electron chi connectivity index (χ3n) is 8.12. The van der Waals surface area contributed by atoms with E-state index in [-0.39, 0.29) is 6.61 Å². The Kier molecular flexibility index (Phi) is 11.9. The van der Waals surface area contributed by atoms with Gasteiger partial charge in [-0.1, -0.05) is 142 Å². The molecule has 0 bridgehead atoms. The minimum atomic E-state index is -0.840. The first-order valence-electron chi connectivity index (χ1n) is 15.8. The number of ether oxygens (including phenoxy) is 5. The van der Waals surface area contributed by atoms with Crippen molar-refractivity contribution in [3.8, 4) is 0 Å². The van der Waals surface area contributed by atoms with Crippen molar-refractivity contribution in [2.45, 2.75) is 83.8 Å². The fraction of sp³-hybridized carbons (Fsp3) is 0.385. The lowest BCUT2D eigenvalue weighted by Gasteiger charge is -2.49. The van der Waals surface area contributed by atoms with E-state index in [1.807, 2.05) is 142 Å². The summed E-state index contributed by atoms with van der Waals surface area (Å²) in [6.07, 6.45) is -3.75. The maximum absolute atomic E-state index is 11.8. The molecule has 4 aromatic carbocycles. The van der Waals surface area contributed by atoms with Crippen molar-refractivity contribution in [2.24, 2.45) is 5.41 Å². The molecule has 0 spiro atoms. The normalized spacial score (nSPS) is 22.6. The van der Waals surface area contributed by atoms with Crippen LogP contribution in [0.25, 0.3) is 0 Å². The molecular weight excluding hydrogens is 564 g/mol. The van der Waals surface area contributed by atoms with Crippen molar-refractivity contribution >= 4 is 0 Å². The highest BCUT2D eigenvalue weighted by Gasteiger charge is 2.52. The fourth-order valence-electron chi connectivity index (χ4n) is 5.57. The summed E-state index contributed by atoms with van der Waals surface area (Å²) in [6, 6.07) is 40.3. The lowest BCUT2D eigenvalue weighted by atomic mass is 9.80. The van der Waals surface area contributed by atoms with Crippen molar-refractivity contribution in [3.05, 3.63) is 144 Å². The number of aliphatic hydroxyl groups excluding tert-OH is 1. The molecule has 238 valence electrons. The van der Waals surface area contributed by atoms with E-state index in [0.29, 0.717) is 26.4 Å². The zero-order chi connectivity index (χ0) is 31.5. The molecule has 4 aromatic rings. The van der Waals surface area contributed by atoms with Gasteiger partial charge in [0.15, 0.2) is 0 Å². The molecule has 0 saturated carbocycles. The van der Waals surface area contributed by atoms with Gasteiger partial charge in [0.05, 0.1) is 39.1 Å². The van der Waals surface area contributed by atoms with Crippen LogP contribution >= 0.6 is 0 Å². The number of hydrogen-bond acceptors (Lipinski definition) is 6. The zero-order valence-electron chi connectivity index (χ0n) is 26.5. The predicted octanol–water partition coefficient (Wildman–Crippen LogP) is 7.13. The molecule has 1 saturated heterocycles. The number of hydrogen-bond donors (Lipinski definition) is 1. The van der Waals surface area contributed by atoms with Gasteiger partial charge in [0, 0.05) is 0 Å². The van der Waals surface area contributed by atoms with E-state index in [4.69, 9.17) is 23.7 Å². The Hall–Kier alpha value is -3.36. The molecule has 45 heavy (non-hydrogen) atoms. The minimum Gasteiger partial charge on any atom is -0.390 e. The Morgan fingerprint density at radius 2 is 0.933 bits per heavy atom. The van der Waals surface area contributed by atoms with E-state index < -0.39 is 42.0 Å². The summed E-state index contributed by atoms with van der Waals surface area (Å²) in [4.78, 5) is 0. The van der Waals surface area contributed by atoms with Crippen LogP contribution in [0.5, 0.6) is 0 Å². The average Bonchev–Trinajstić information content (AvgIpc) is 3.07. The molecule has 1 aliphatic rings. The summed E-state index contributed by atoms with van der Waals surface area (Å²) >= 11 is 0. The molecule has 5 rings (SSSR count). The minimum absolute atomic E-state index is 0.262. The van der Waals surface area contributed by atoms with Crippen molar-refractivity contribution < 1.29 is 28.8 Å². The van der Waals surface area contributed by atoms with E-state index in [0.717, 1.165) is 22.3 Å². The number of aliphatic hydroxyl groups is 1. The molecule has 0 aliphatic carbocycles. The topological polar surface area (TPSA) is 66.4 Å². The van der Waals surface area contributed by atoms with Crippen molar-refractivity contribution in [1.29, 1.82) is 0 Å². The lowest BCUT2D eigenvalue weighted by molar-refractivity contribution is -0.293. The molecule has 6 heteroatoms. The van der Waals surface area contributed by atoms with E-state index in [2.05, 4.69) is 0 Å². The quantitative estimate of drug-likeness (QED) is 0.164. The van der Waals surface area contributed by atoms with Gasteiger partial charge in [-0.15, -0.1) is 0 Å². The number of rotatable bonds is 14. The van der Waals surface area contributed by atoms with E-state index in [9.17, 15) is 5.11 Å². The maximum atomic E-state index is 11.8. The Balaban J connectivity index is 1.47. The van der Waals surface area contributed by atoms with Gasteiger partial charge in [0.2, 0.25) is 0 Å². The molecule has 1 unspecified atom stereocenters. The van der Waals surface area contributed by atoms with Gasteiger partial charge in [-0.2, -0.15) is 0 Å². The lowest BCUT2D eigenvalue weighted by Crippen LogP contribution is -2.65. The van der Waals surface area contributed by atoms with E-state index in [1.165, 1.54) is 0 Å². The van der Waals surface area contributed by atoms with Crippen molar-refractivity contribution in [2.75, 3.05) is 6.61 Å². The van der Waals surface area contributed by atoms with Crippen molar-refractivity contribution in [1.82, 2.24) is 0 Å². The van der Waals surface area contributed by atoms with Crippen LogP contribution < -0.4 is 0 Å². The average molecular weight is 611 g/mol. The Morgan fingerprint density at radius 1 is 0.556 bits per heavy atom. The summed E-state index contributed by atoms with van der Waals surface area (Å²) in [5, 5.41) is 11.8. The standard InChI is InChI=1S/C39H46O6/c1-39(2,3)38(40)37-36(44-27-32-22-14-7-15-23-32)35(43-26-31-20-12-6-13-21-31)34(42-25-30-18-10-5-11-19-30)33(45-37)28-41-24-29-16-8-4-9-17-29/h4-23,33-38,40H,24-28H2,1-3H3/t33-,34-,35+,36-,37-,38?/m1/s1. The van der Waals surface area contributed by atoms with Crippen LogP contribution in [-0.2, 0) is 50.1 Å². The fourth-order valence-corrected chi connectivity index (χ4v) is 5.57. The summed E-state index contributed by atoms with van der Waals surface area (Å²) in [5.41, 5.74) is 3.70. The third kappa shape index (κ3) is 9.57. The largest absolute Gasteiger partial charge is 0.390 e. The van der Waals surface area contributed by atoms with Gasteiger partial charge >= 0.3 is 0 Å². The summed E-state index contributed by atoms with van der Waals surface area (Å²) < 4.78 is 33.2. The zero-order valence-corrected chi connectivity index (χ0v) is 26.5. The first-order chi connectivity index (χ1) is 21.9. The van der Waals surface area contributed by atoms with Crippen LogP contribution in [0, 0.1) is 5.41 Å². The Bertz CT molecular complexity index is 1380. The predicted molar refractivity (Wildman–Crippen MR) is 175 cm³/mol. The highest BCUT2D eigenvalue weighted by molar-refractivity contribution is 5.17. The Labute approximate surface area is 267 Å². The van der Waals surface area contributed by atoms with Crippen molar-refractivity contribution in [3.63, 3.8) is 0 Å². The molecule has 1 N–H and O–H groups in total.